The second-order valence-electron chi connectivity index (χ2n) is 7.51. The van der Waals surface area contributed by atoms with Gasteiger partial charge < -0.3 is 20.1 Å². The van der Waals surface area contributed by atoms with E-state index in [1.807, 2.05) is 0 Å². The smallest absolute Gasteiger partial charge is 0.256 e. The van der Waals surface area contributed by atoms with Crippen LogP contribution in [-0.2, 0) is 11.3 Å². The summed E-state index contributed by atoms with van der Waals surface area (Å²) in [6.07, 6.45) is 0.0742. The second kappa shape index (κ2) is 9.35. The molecule has 2 atom stereocenters. The van der Waals surface area contributed by atoms with Gasteiger partial charge in [0.25, 0.3) is 5.91 Å². The van der Waals surface area contributed by atoms with Crippen molar-refractivity contribution in [2.45, 2.75) is 25.7 Å². The van der Waals surface area contributed by atoms with Gasteiger partial charge in [-0.3, -0.25) is 9.59 Å². The van der Waals surface area contributed by atoms with Gasteiger partial charge in [0, 0.05) is 24.6 Å². The van der Waals surface area contributed by atoms with E-state index in [0.717, 1.165) is 5.56 Å². The predicted molar refractivity (Wildman–Crippen MR) is 123 cm³/mol. The first kappa shape index (κ1) is 23.0. The number of methoxy groups -OCH3 is 1. The minimum atomic E-state index is -1.32. The number of ether oxygens (including phenoxy) is 1. The Labute approximate surface area is 200 Å². The van der Waals surface area contributed by atoms with Crippen molar-refractivity contribution in [3.8, 4) is 17.0 Å². The van der Waals surface area contributed by atoms with Crippen LogP contribution in [0.5, 0.6) is 5.75 Å². The largest absolute Gasteiger partial charge is 0.497 e. The Kier molecular flexibility index (Phi) is 6.51. The van der Waals surface area contributed by atoms with E-state index in [2.05, 4.69) is 15.3 Å². The van der Waals surface area contributed by atoms with E-state index in [0.29, 0.717) is 33.2 Å². The highest BCUT2D eigenvalue weighted by Gasteiger charge is 2.37. The number of rotatable bonds is 6. The van der Waals surface area contributed by atoms with E-state index >= 15 is 0 Å². The number of nitrogens with zero attached hydrogens (tertiary/aromatic N) is 3. The first-order valence-electron chi connectivity index (χ1n) is 10.00. The summed E-state index contributed by atoms with van der Waals surface area (Å²) >= 11 is 12.1. The summed E-state index contributed by atoms with van der Waals surface area (Å²) in [6.45, 7) is 1.53. The van der Waals surface area contributed by atoms with Gasteiger partial charge in [-0.25, -0.2) is 9.97 Å². The molecule has 2 amide bonds. The topological polar surface area (TPSA) is 105 Å². The van der Waals surface area contributed by atoms with Crippen LogP contribution in [0.1, 0.15) is 34.5 Å². The van der Waals surface area contributed by atoms with Gasteiger partial charge in [0.1, 0.15) is 5.75 Å². The van der Waals surface area contributed by atoms with Gasteiger partial charge in [0.15, 0.2) is 6.23 Å². The van der Waals surface area contributed by atoms with Crippen LogP contribution in [0.15, 0.2) is 48.7 Å². The number of carbonyl (C=O) groups is 2. The summed E-state index contributed by atoms with van der Waals surface area (Å²) in [5.74, 6) is -0.159. The van der Waals surface area contributed by atoms with Crippen molar-refractivity contribution < 1.29 is 19.4 Å². The number of hydrogen-bond acceptors (Lipinski definition) is 6. The maximum Gasteiger partial charge on any atom is 0.256 e. The van der Waals surface area contributed by atoms with Gasteiger partial charge in [0.05, 0.1) is 30.1 Å². The highest BCUT2D eigenvalue weighted by molar-refractivity contribution is 6.33. The minimum absolute atomic E-state index is 0.0368. The highest BCUT2D eigenvalue weighted by Crippen LogP contribution is 2.34. The Morgan fingerprint density at radius 1 is 1.24 bits per heavy atom. The Balaban J connectivity index is 1.66. The molecule has 0 spiro atoms. The zero-order chi connectivity index (χ0) is 23.7. The molecule has 1 unspecified atom stereocenters. The second-order valence-corrected chi connectivity index (χ2v) is 8.25. The monoisotopic (exact) mass is 486 g/mol. The Hall–Kier alpha value is -3.20. The third-order valence-corrected chi connectivity index (χ3v) is 5.82. The average Bonchev–Trinajstić information content (AvgIpc) is 3.14. The normalized spacial score (nSPS) is 14.6. The zero-order valence-corrected chi connectivity index (χ0v) is 19.3. The molecule has 1 aromatic heterocycles. The van der Waals surface area contributed by atoms with Crippen molar-refractivity contribution in [1.29, 1.82) is 0 Å². The number of aliphatic hydroxyl groups is 1. The lowest BCUT2D eigenvalue weighted by Crippen LogP contribution is -2.46. The number of carbonyl (C=O) groups excluding carboxylic acids is 2. The summed E-state index contributed by atoms with van der Waals surface area (Å²) < 4.78 is 5.25. The SMILES string of the molecule is COc1cccc([C@H](NC(C)=O)C(O)N2Cc3ccc(-c4nc(Cl)ncc4Cl)cc3C2=O)c1. The van der Waals surface area contributed by atoms with Gasteiger partial charge in [-0.15, -0.1) is 0 Å². The zero-order valence-electron chi connectivity index (χ0n) is 17.8. The van der Waals surface area contributed by atoms with Crippen molar-refractivity contribution in [1.82, 2.24) is 20.2 Å². The van der Waals surface area contributed by atoms with Crippen LogP contribution in [0.25, 0.3) is 11.3 Å². The van der Waals surface area contributed by atoms with E-state index in [9.17, 15) is 14.7 Å². The van der Waals surface area contributed by atoms with Gasteiger partial charge in [0.2, 0.25) is 11.2 Å². The fourth-order valence-electron chi connectivity index (χ4n) is 3.80. The molecule has 2 aromatic carbocycles. The molecule has 3 aromatic rings. The van der Waals surface area contributed by atoms with Crippen LogP contribution in [0, 0.1) is 0 Å². The molecule has 2 N–H and O–H groups in total. The number of nitrogens with one attached hydrogen (secondary N) is 1. The molecule has 0 radical (unpaired) electrons. The van der Waals surface area contributed by atoms with E-state index in [1.165, 1.54) is 25.1 Å². The Bertz CT molecular complexity index is 1240. The summed E-state index contributed by atoms with van der Waals surface area (Å²) in [5, 5.41) is 14.2. The van der Waals surface area contributed by atoms with Crippen molar-refractivity contribution >= 4 is 35.0 Å². The first-order valence-corrected chi connectivity index (χ1v) is 10.8. The lowest BCUT2D eigenvalue weighted by Gasteiger charge is -2.31. The van der Waals surface area contributed by atoms with E-state index in [1.54, 1.807) is 42.5 Å². The molecular weight excluding hydrogens is 467 g/mol. The Morgan fingerprint density at radius 2 is 2.03 bits per heavy atom. The van der Waals surface area contributed by atoms with Gasteiger partial charge in [-0.2, -0.15) is 0 Å². The highest BCUT2D eigenvalue weighted by atomic mass is 35.5. The first-order chi connectivity index (χ1) is 15.8. The van der Waals surface area contributed by atoms with Crippen LogP contribution < -0.4 is 10.1 Å². The molecule has 1 aliphatic heterocycles. The van der Waals surface area contributed by atoms with Crippen LogP contribution in [-0.4, -0.2) is 45.1 Å². The maximum absolute atomic E-state index is 13.3. The molecule has 2 heterocycles. The van der Waals surface area contributed by atoms with Gasteiger partial charge in [-0.1, -0.05) is 35.9 Å². The molecule has 0 aliphatic carbocycles. The van der Waals surface area contributed by atoms with Crippen molar-refractivity contribution in [2.24, 2.45) is 0 Å². The van der Waals surface area contributed by atoms with E-state index in [4.69, 9.17) is 27.9 Å². The number of benzene rings is 2. The summed E-state index contributed by atoms with van der Waals surface area (Å²) in [5.41, 5.74) is 2.73. The molecule has 10 heteroatoms. The number of amides is 2. The Morgan fingerprint density at radius 3 is 2.76 bits per heavy atom. The van der Waals surface area contributed by atoms with Crippen LogP contribution in [0.4, 0.5) is 0 Å². The molecule has 170 valence electrons. The van der Waals surface area contributed by atoms with Crippen molar-refractivity contribution in [3.05, 3.63) is 75.7 Å². The minimum Gasteiger partial charge on any atom is -0.497 e. The number of aromatic nitrogens is 2. The number of fused-ring (bicyclic) bond motifs is 1. The lowest BCUT2D eigenvalue weighted by atomic mass is 10.0. The molecule has 1 aliphatic rings. The lowest BCUT2D eigenvalue weighted by molar-refractivity contribution is -0.121. The van der Waals surface area contributed by atoms with Crippen LogP contribution >= 0.6 is 23.2 Å². The molecule has 0 saturated heterocycles. The van der Waals surface area contributed by atoms with E-state index in [-0.39, 0.29) is 23.6 Å². The molecule has 0 bridgehead atoms. The van der Waals surface area contributed by atoms with Crippen LogP contribution in [0.2, 0.25) is 10.3 Å². The third kappa shape index (κ3) is 4.64. The van der Waals surface area contributed by atoms with Crippen molar-refractivity contribution in [3.63, 3.8) is 0 Å². The molecule has 8 nitrogen and oxygen atoms in total. The molecule has 0 fully saturated rings. The molecule has 0 saturated carbocycles. The number of hydrogen-bond donors (Lipinski definition) is 2. The fraction of sp³-hybridized carbons (Fsp3) is 0.217. The average molecular weight is 487 g/mol. The number of aliphatic hydroxyl groups excluding tert-OH is 1. The van der Waals surface area contributed by atoms with Crippen molar-refractivity contribution in [2.75, 3.05) is 7.11 Å². The quantitative estimate of drug-likeness (QED) is 0.515. The summed E-state index contributed by atoms with van der Waals surface area (Å²) in [7, 11) is 1.53. The number of halogens is 2. The standard InChI is InChI=1S/C23H20Cl2N4O4/c1-12(30)27-20(13-4-3-5-16(8-13)33-2)22(32)29-11-15-7-6-14(9-17(15)21(29)31)19-18(24)10-26-23(25)28-19/h3-10,20,22,32H,11H2,1-2H3,(H,27,30)/t20-,22?/m0/s1. The van der Waals surface area contributed by atoms with Crippen LogP contribution in [0.3, 0.4) is 0 Å². The maximum atomic E-state index is 13.3. The summed E-state index contributed by atoms with van der Waals surface area (Å²) in [4.78, 5) is 34.4. The fourth-order valence-corrected chi connectivity index (χ4v) is 4.13. The molecule has 33 heavy (non-hydrogen) atoms. The summed E-state index contributed by atoms with van der Waals surface area (Å²) in [6, 6.07) is 11.3. The predicted octanol–water partition coefficient (Wildman–Crippen LogP) is 3.61. The molecule has 4 rings (SSSR count). The van der Waals surface area contributed by atoms with E-state index < -0.39 is 12.3 Å². The third-order valence-electron chi connectivity index (χ3n) is 5.36. The van der Waals surface area contributed by atoms with Gasteiger partial charge in [-0.05, 0) is 40.9 Å². The molecular formula is C23H20Cl2N4O4. The van der Waals surface area contributed by atoms with Gasteiger partial charge >= 0.3 is 0 Å².